The van der Waals surface area contributed by atoms with Crippen molar-refractivity contribution in [2.75, 3.05) is 31.2 Å². The van der Waals surface area contributed by atoms with Crippen molar-refractivity contribution in [2.24, 2.45) is 7.05 Å². The summed E-state index contributed by atoms with van der Waals surface area (Å²) in [5.74, 6) is 1.71. The molecule has 0 radical (unpaired) electrons. The van der Waals surface area contributed by atoms with Crippen LogP contribution in [0, 0.1) is 0 Å². The van der Waals surface area contributed by atoms with Crippen molar-refractivity contribution in [1.29, 1.82) is 0 Å². The SMILES string of the molecule is COc1cccc(NC(=O)CN2CCC[C@H]2c2nc(N)n(C)n2)c1. The van der Waals surface area contributed by atoms with E-state index in [1.807, 2.05) is 18.2 Å². The highest BCUT2D eigenvalue weighted by atomic mass is 16.5. The summed E-state index contributed by atoms with van der Waals surface area (Å²) in [5, 5.41) is 7.25. The van der Waals surface area contributed by atoms with Crippen molar-refractivity contribution in [3.8, 4) is 5.75 Å². The lowest BCUT2D eigenvalue weighted by atomic mass is 10.2. The number of ether oxygens (including phenoxy) is 1. The number of nitrogen functional groups attached to an aromatic ring is 1. The monoisotopic (exact) mass is 330 g/mol. The molecule has 0 aliphatic carbocycles. The predicted octanol–water partition coefficient (Wildman–Crippen LogP) is 1.18. The number of hydrogen-bond acceptors (Lipinski definition) is 6. The van der Waals surface area contributed by atoms with Crippen molar-refractivity contribution in [2.45, 2.75) is 18.9 Å². The molecular weight excluding hydrogens is 308 g/mol. The summed E-state index contributed by atoms with van der Waals surface area (Å²) >= 11 is 0. The summed E-state index contributed by atoms with van der Waals surface area (Å²) in [6.07, 6.45) is 1.94. The molecule has 1 aromatic carbocycles. The Morgan fingerprint density at radius 3 is 3.04 bits per heavy atom. The van der Waals surface area contributed by atoms with Crippen LogP contribution < -0.4 is 15.8 Å². The van der Waals surface area contributed by atoms with Crippen LogP contribution in [0.2, 0.25) is 0 Å². The third-order valence-corrected chi connectivity index (χ3v) is 4.18. The first kappa shape index (κ1) is 16.3. The molecule has 0 unspecified atom stereocenters. The van der Waals surface area contributed by atoms with Crippen molar-refractivity contribution >= 4 is 17.5 Å². The van der Waals surface area contributed by atoms with Crippen molar-refractivity contribution in [1.82, 2.24) is 19.7 Å². The number of nitrogens with zero attached hydrogens (tertiary/aromatic N) is 4. The Kier molecular flexibility index (Phi) is 4.66. The minimum Gasteiger partial charge on any atom is -0.497 e. The van der Waals surface area contributed by atoms with Crippen LogP contribution in [0.3, 0.4) is 0 Å². The molecule has 8 heteroatoms. The quantitative estimate of drug-likeness (QED) is 0.854. The van der Waals surface area contributed by atoms with Gasteiger partial charge in [0.15, 0.2) is 5.82 Å². The van der Waals surface area contributed by atoms with Gasteiger partial charge in [0, 0.05) is 18.8 Å². The van der Waals surface area contributed by atoms with E-state index < -0.39 is 0 Å². The number of carbonyl (C=O) groups excluding carboxylic acids is 1. The molecule has 2 heterocycles. The van der Waals surface area contributed by atoms with Gasteiger partial charge in [0.25, 0.3) is 0 Å². The number of aryl methyl sites for hydroxylation is 1. The number of nitrogens with one attached hydrogen (secondary N) is 1. The molecule has 128 valence electrons. The van der Waals surface area contributed by atoms with Gasteiger partial charge in [-0.1, -0.05) is 6.07 Å². The number of likely N-dealkylation sites (tertiary alicyclic amines) is 1. The van der Waals surface area contributed by atoms with E-state index in [1.165, 1.54) is 0 Å². The minimum absolute atomic E-state index is 0.0320. The first-order chi connectivity index (χ1) is 11.6. The van der Waals surface area contributed by atoms with Crippen LogP contribution in [-0.4, -0.2) is 45.8 Å². The van der Waals surface area contributed by atoms with Gasteiger partial charge >= 0.3 is 0 Å². The van der Waals surface area contributed by atoms with Crippen molar-refractivity contribution < 1.29 is 9.53 Å². The zero-order chi connectivity index (χ0) is 17.1. The van der Waals surface area contributed by atoms with E-state index in [2.05, 4.69) is 20.3 Å². The number of hydrogen-bond donors (Lipinski definition) is 2. The lowest BCUT2D eigenvalue weighted by molar-refractivity contribution is -0.117. The molecular formula is C16H22N6O2. The van der Waals surface area contributed by atoms with Gasteiger partial charge in [-0.25, -0.2) is 4.68 Å². The van der Waals surface area contributed by atoms with Gasteiger partial charge in [0.2, 0.25) is 11.9 Å². The third-order valence-electron chi connectivity index (χ3n) is 4.18. The van der Waals surface area contributed by atoms with Crippen LogP contribution in [0.25, 0.3) is 0 Å². The Labute approximate surface area is 140 Å². The average molecular weight is 330 g/mol. The summed E-state index contributed by atoms with van der Waals surface area (Å²) in [6, 6.07) is 7.34. The molecule has 3 rings (SSSR count). The number of rotatable bonds is 5. The number of aromatic nitrogens is 3. The minimum atomic E-state index is -0.0703. The molecule has 1 amide bonds. The fraction of sp³-hybridized carbons (Fsp3) is 0.438. The highest BCUT2D eigenvalue weighted by Gasteiger charge is 2.30. The normalized spacial score (nSPS) is 17.8. The van der Waals surface area contributed by atoms with Crippen LogP contribution in [0.1, 0.15) is 24.7 Å². The molecule has 0 bridgehead atoms. The van der Waals surface area contributed by atoms with Gasteiger partial charge < -0.3 is 15.8 Å². The molecule has 0 saturated carbocycles. The van der Waals surface area contributed by atoms with Crippen LogP contribution in [0.4, 0.5) is 11.6 Å². The maximum absolute atomic E-state index is 12.4. The zero-order valence-electron chi connectivity index (χ0n) is 13.9. The summed E-state index contributed by atoms with van der Waals surface area (Å²) in [7, 11) is 3.36. The predicted molar refractivity (Wildman–Crippen MR) is 90.6 cm³/mol. The van der Waals surface area contributed by atoms with Crippen LogP contribution in [0.15, 0.2) is 24.3 Å². The number of anilines is 2. The van der Waals surface area contributed by atoms with Gasteiger partial charge in [-0.05, 0) is 31.5 Å². The van der Waals surface area contributed by atoms with E-state index in [4.69, 9.17) is 10.5 Å². The Morgan fingerprint density at radius 1 is 1.50 bits per heavy atom. The molecule has 0 spiro atoms. The summed E-state index contributed by atoms with van der Waals surface area (Å²) in [6.45, 7) is 1.13. The topological polar surface area (TPSA) is 98.3 Å². The Bertz CT molecular complexity index is 710. The van der Waals surface area contributed by atoms with Crippen LogP contribution in [0.5, 0.6) is 5.75 Å². The summed E-state index contributed by atoms with van der Waals surface area (Å²) < 4.78 is 6.72. The standard InChI is InChI=1S/C16H22N6O2/c1-21-16(17)19-15(20-21)13-7-4-8-22(13)10-14(23)18-11-5-3-6-12(9-11)24-2/h3,5-6,9,13H,4,7-8,10H2,1-2H3,(H,18,23)(H2,17,19,20)/t13-/m0/s1. The fourth-order valence-corrected chi connectivity index (χ4v) is 2.95. The fourth-order valence-electron chi connectivity index (χ4n) is 2.95. The second-order valence-corrected chi connectivity index (χ2v) is 5.86. The zero-order valence-corrected chi connectivity index (χ0v) is 13.9. The Morgan fingerprint density at radius 2 is 2.33 bits per heavy atom. The first-order valence-electron chi connectivity index (χ1n) is 7.91. The molecule has 3 N–H and O–H groups in total. The number of carbonyl (C=O) groups is 1. The molecule has 1 aliphatic rings. The highest BCUT2D eigenvalue weighted by Crippen LogP contribution is 2.30. The lowest BCUT2D eigenvalue weighted by Crippen LogP contribution is -2.33. The van der Waals surface area contributed by atoms with Crippen LogP contribution >= 0.6 is 0 Å². The van der Waals surface area contributed by atoms with Gasteiger partial charge in [-0.15, -0.1) is 0 Å². The molecule has 1 aliphatic heterocycles. The van der Waals surface area contributed by atoms with E-state index in [0.717, 1.165) is 25.1 Å². The van der Waals surface area contributed by atoms with Gasteiger partial charge in [-0.2, -0.15) is 10.1 Å². The van der Waals surface area contributed by atoms with E-state index in [9.17, 15) is 4.79 Å². The van der Waals surface area contributed by atoms with Gasteiger partial charge in [0.05, 0.1) is 19.7 Å². The second kappa shape index (κ2) is 6.88. The molecule has 1 aromatic heterocycles. The average Bonchev–Trinajstić information content (AvgIpc) is 3.14. The number of amides is 1. The lowest BCUT2D eigenvalue weighted by Gasteiger charge is -2.21. The molecule has 1 saturated heterocycles. The smallest absolute Gasteiger partial charge is 0.238 e. The molecule has 2 aromatic rings. The van der Waals surface area contributed by atoms with Gasteiger partial charge in [-0.3, -0.25) is 9.69 Å². The molecule has 24 heavy (non-hydrogen) atoms. The van der Waals surface area contributed by atoms with E-state index in [1.54, 1.807) is 24.9 Å². The van der Waals surface area contributed by atoms with E-state index in [0.29, 0.717) is 24.1 Å². The maximum Gasteiger partial charge on any atom is 0.238 e. The molecule has 1 atom stereocenters. The van der Waals surface area contributed by atoms with Crippen LogP contribution in [-0.2, 0) is 11.8 Å². The summed E-state index contributed by atoms with van der Waals surface area (Å²) in [5.41, 5.74) is 6.48. The van der Waals surface area contributed by atoms with Crippen molar-refractivity contribution in [3.63, 3.8) is 0 Å². The Hall–Kier alpha value is -2.61. The van der Waals surface area contributed by atoms with Gasteiger partial charge in [0.1, 0.15) is 5.75 Å². The van der Waals surface area contributed by atoms with E-state index in [-0.39, 0.29) is 11.9 Å². The van der Waals surface area contributed by atoms with Crippen molar-refractivity contribution in [3.05, 3.63) is 30.1 Å². The first-order valence-corrected chi connectivity index (χ1v) is 7.91. The number of methoxy groups -OCH3 is 1. The highest BCUT2D eigenvalue weighted by molar-refractivity contribution is 5.92. The number of nitrogens with two attached hydrogens (primary N) is 1. The molecule has 1 fully saturated rings. The maximum atomic E-state index is 12.4. The number of benzene rings is 1. The largest absolute Gasteiger partial charge is 0.497 e. The second-order valence-electron chi connectivity index (χ2n) is 5.86. The Balaban J connectivity index is 1.64. The molecule has 8 nitrogen and oxygen atoms in total. The third kappa shape index (κ3) is 3.48. The summed E-state index contributed by atoms with van der Waals surface area (Å²) in [4.78, 5) is 18.7. The van der Waals surface area contributed by atoms with E-state index >= 15 is 0 Å².